The molecule has 0 atom stereocenters. The van der Waals surface area contributed by atoms with Gasteiger partial charge in [0.2, 0.25) is 5.91 Å². The van der Waals surface area contributed by atoms with E-state index >= 15 is 0 Å². The Morgan fingerprint density at radius 3 is 2.67 bits per heavy atom. The molecule has 27 heavy (non-hydrogen) atoms. The van der Waals surface area contributed by atoms with E-state index in [0.717, 1.165) is 35.4 Å². The molecule has 4 rings (SSSR count). The standard InChI is InChI=1S/C21H19FN4O/c1-2-20(27)23-13-15-5-10-18(14-3-6-16(22)7-4-14)24-21(15)19-11-12-26(25-19)17-8-9-17/h2-7,10-12,17H,1,8-9,13H2,(H,23,27). The second kappa shape index (κ2) is 7.15. The van der Waals surface area contributed by atoms with Crippen LogP contribution in [0, 0.1) is 5.82 Å². The number of hydrogen-bond acceptors (Lipinski definition) is 3. The number of carbonyl (C=O) groups is 1. The van der Waals surface area contributed by atoms with Crippen LogP contribution in [0.3, 0.4) is 0 Å². The van der Waals surface area contributed by atoms with E-state index < -0.39 is 0 Å². The number of aromatic nitrogens is 3. The third kappa shape index (κ3) is 3.79. The molecular formula is C21H19FN4O. The summed E-state index contributed by atoms with van der Waals surface area (Å²) in [5.41, 5.74) is 3.87. The van der Waals surface area contributed by atoms with Crippen LogP contribution < -0.4 is 5.32 Å². The minimum Gasteiger partial charge on any atom is -0.348 e. The molecule has 1 aliphatic carbocycles. The van der Waals surface area contributed by atoms with Gasteiger partial charge in [0.05, 0.1) is 17.4 Å². The van der Waals surface area contributed by atoms with Gasteiger partial charge < -0.3 is 5.32 Å². The van der Waals surface area contributed by atoms with E-state index in [0.29, 0.717) is 18.3 Å². The number of benzene rings is 1. The summed E-state index contributed by atoms with van der Waals surface area (Å²) in [5.74, 6) is -0.530. The van der Waals surface area contributed by atoms with Gasteiger partial charge in [-0.25, -0.2) is 9.37 Å². The van der Waals surface area contributed by atoms with Crippen molar-refractivity contribution in [1.82, 2.24) is 20.1 Å². The fourth-order valence-electron chi connectivity index (χ4n) is 2.90. The highest BCUT2D eigenvalue weighted by molar-refractivity contribution is 5.86. The van der Waals surface area contributed by atoms with Crippen LogP contribution in [0.2, 0.25) is 0 Å². The molecular weight excluding hydrogens is 343 g/mol. The molecule has 0 radical (unpaired) electrons. The Morgan fingerprint density at radius 2 is 1.96 bits per heavy atom. The lowest BCUT2D eigenvalue weighted by molar-refractivity contribution is -0.116. The molecule has 1 N–H and O–H groups in total. The predicted octanol–water partition coefficient (Wildman–Crippen LogP) is 3.89. The Balaban J connectivity index is 1.72. The molecule has 0 saturated heterocycles. The molecule has 6 heteroatoms. The fourth-order valence-corrected chi connectivity index (χ4v) is 2.90. The highest BCUT2D eigenvalue weighted by Crippen LogP contribution is 2.35. The summed E-state index contributed by atoms with van der Waals surface area (Å²) < 4.78 is 15.2. The molecule has 3 aromatic rings. The van der Waals surface area contributed by atoms with Crippen LogP contribution >= 0.6 is 0 Å². The molecule has 1 aromatic carbocycles. The van der Waals surface area contributed by atoms with E-state index in [-0.39, 0.29) is 11.7 Å². The lowest BCUT2D eigenvalue weighted by atomic mass is 10.1. The molecule has 2 heterocycles. The highest BCUT2D eigenvalue weighted by atomic mass is 19.1. The monoisotopic (exact) mass is 362 g/mol. The zero-order valence-electron chi connectivity index (χ0n) is 14.7. The van der Waals surface area contributed by atoms with E-state index in [4.69, 9.17) is 4.98 Å². The fraction of sp³-hybridized carbons (Fsp3) is 0.190. The first-order valence-corrected chi connectivity index (χ1v) is 8.85. The SMILES string of the molecule is C=CC(=O)NCc1ccc(-c2ccc(F)cc2)nc1-c1ccn(C2CC2)n1. The van der Waals surface area contributed by atoms with Crippen LogP contribution in [-0.2, 0) is 11.3 Å². The number of carbonyl (C=O) groups excluding carboxylic acids is 1. The number of nitrogens with zero attached hydrogens (tertiary/aromatic N) is 3. The molecule has 1 fully saturated rings. The second-order valence-electron chi connectivity index (χ2n) is 6.55. The van der Waals surface area contributed by atoms with Crippen molar-refractivity contribution in [3.8, 4) is 22.6 Å². The smallest absolute Gasteiger partial charge is 0.243 e. The minimum atomic E-state index is -0.286. The van der Waals surface area contributed by atoms with Crippen molar-refractivity contribution in [2.75, 3.05) is 0 Å². The van der Waals surface area contributed by atoms with Gasteiger partial charge in [0.25, 0.3) is 0 Å². The van der Waals surface area contributed by atoms with Crippen LogP contribution in [0.15, 0.2) is 61.3 Å². The maximum Gasteiger partial charge on any atom is 0.243 e. The highest BCUT2D eigenvalue weighted by Gasteiger charge is 2.25. The molecule has 136 valence electrons. The van der Waals surface area contributed by atoms with E-state index in [2.05, 4.69) is 17.0 Å². The average Bonchev–Trinajstić information content (AvgIpc) is 3.43. The summed E-state index contributed by atoms with van der Waals surface area (Å²) in [6.07, 6.45) is 5.49. The average molecular weight is 362 g/mol. The van der Waals surface area contributed by atoms with Crippen molar-refractivity contribution in [2.24, 2.45) is 0 Å². The molecule has 0 aliphatic heterocycles. The summed E-state index contributed by atoms with van der Waals surface area (Å²) in [4.78, 5) is 16.3. The molecule has 0 bridgehead atoms. The van der Waals surface area contributed by atoms with Gasteiger partial charge in [-0.05, 0) is 60.9 Å². The molecule has 2 aromatic heterocycles. The van der Waals surface area contributed by atoms with Gasteiger partial charge in [-0.2, -0.15) is 5.10 Å². The van der Waals surface area contributed by atoms with Gasteiger partial charge >= 0.3 is 0 Å². The quantitative estimate of drug-likeness (QED) is 0.677. The number of hydrogen-bond donors (Lipinski definition) is 1. The minimum absolute atomic E-state index is 0.243. The van der Waals surface area contributed by atoms with Crippen molar-refractivity contribution in [2.45, 2.75) is 25.4 Å². The zero-order valence-corrected chi connectivity index (χ0v) is 14.7. The van der Waals surface area contributed by atoms with Crippen LogP contribution in [-0.4, -0.2) is 20.7 Å². The lowest BCUT2D eigenvalue weighted by Crippen LogP contribution is -2.20. The first kappa shape index (κ1) is 17.1. The lowest BCUT2D eigenvalue weighted by Gasteiger charge is -2.10. The van der Waals surface area contributed by atoms with Crippen molar-refractivity contribution in [3.63, 3.8) is 0 Å². The molecule has 1 saturated carbocycles. The molecule has 0 spiro atoms. The van der Waals surface area contributed by atoms with E-state index in [9.17, 15) is 9.18 Å². The summed E-state index contributed by atoms with van der Waals surface area (Å²) in [6.45, 7) is 3.80. The summed E-state index contributed by atoms with van der Waals surface area (Å²) >= 11 is 0. The van der Waals surface area contributed by atoms with Crippen LogP contribution in [0.1, 0.15) is 24.4 Å². The molecule has 1 aliphatic rings. The van der Waals surface area contributed by atoms with E-state index in [1.54, 1.807) is 12.1 Å². The predicted molar refractivity (Wildman–Crippen MR) is 101 cm³/mol. The Bertz CT molecular complexity index is 990. The van der Waals surface area contributed by atoms with Gasteiger partial charge in [-0.15, -0.1) is 0 Å². The third-order valence-corrected chi connectivity index (χ3v) is 4.53. The number of nitrogens with one attached hydrogen (secondary N) is 1. The van der Waals surface area contributed by atoms with Crippen molar-refractivity contribution >= 4 is 5.91 Å². The van der Waals surface area contributed by atoms with Crippen molar-refractivity contribution < 1.29 is 9.18 Å². The van der Waals surface area contributed by atoms with Gasteiger partial charge in [-0.3, -0.25) is 9.48 Å². The normalized spacial score (nSPS) is 13.4. The summed E-state index contributed by atoms with van der Waals surface area (Å²) in [7, 11) is 0. The maximum absolute atomic E-state index is 13.2. The van der Waals surface area contributed by atoms with Gasteiger partial charge in [0.15, 0.2) is 0 Å². The Morgan fingerprint density at radius 1 is 1.19 bits per heavy atom. The largest absolute Gasteiger partial charge is 0.348 e. The maximum atomic E-state index is 13.2. The van der Waals surface area contributed by atoms with Crippen LogP contribution in [0.25, 0.3) is 22.6 Å². The second-order valence-corrected chi connectivity index (χ2v) is 6.55. The first-order chi connectivity index (χ1) is 13.1. The van der Waals surface area contributed by atoms with Crippen LogP contribution in [0.4, 0.5) is 4.39 Å². The van der Waals surface area contributed by atoms with Gasteiger partial charge in [0.1, 0.15) is 11.5 Å². The van der Waals surface area contributed by atoms with E-state index in [1.165, 1.54) is 18.2 Å². The number of rotatable bonds is 6. The van der Waals surface area contributed by atoms with Crippen molar-refractivity contribution in [3.05, 3.63) is 72.7 Å². The number of amides is 1. The number of halogens is 1. The Labute approximate surface area is 156 Å². The molecule has 5 nitrogen and oxygen atoms in total. The first-order valence-electron chi connectivity index (χ1n) is 8.85. The topological polar surface area (TPSA) is 59.8 Å². The van der Waals surface area contributed by atoms with Gasteiger partial charge in [0, 0.05) is 18.3 Å². The molecule has 0 unspecified atom stereocenters. The summed E-state index contributed by atoms with van der Waals surface area (Å²) in [5, 5.41) is 7.45. The summed E-state index contributed by atoms with van der Waals surface area (Å²) in [6, 6.07) is 12.4. The number of pyridine rings is 1. The Hall–Kier alpha value is -3.28. The molecule has 1 amide bonds. The van der Waals surface area contributed by atoms with Crippen LogP contribution in [0.5, 0.6) is 0 Å². The third-order valence-electron chi connectivity index (χ3n) is 4.53. The Kier molecular flexibility index (Phi) is 4.54. The van der Waals surface area contributed by atoms with E-state index in [1.807, 2.05) is 29.1 Å². The zero-order chi connectivity index (χ0) is 18.8. The van der Waals surface area contributed by atoms with Gasteiger partial charge in [-0.1, -0.05) is 12.6 Å². The van der Waals surface area contributed by atoms with Crippen molar-refractivity contribution in [1.29, 1.82) is 0 Å².